The second kappa shape index (κ2) is 7.23. The minimum atomic E-state index is 0.319. The van der Waals surface area contributed by atoms with Crippen molar-refractivity contribution >= 4 is 5.78 Å². The van der Waals surface area contributed by atoms with Crippen LogP contribution in [0.5, 0.6) is 5.75 Å². The number of hydrogen-bond acceptors (Lipinski definition) is 4. The van der Waals surface area contributed by atoms with Crippen LogP contribution in [0.2, 0.25) is 0 Å². The van der Waals surface area contributed by atoms with Gasteiger partial charge in [-0.05, 0) is 51.1 Å². The molecule has 1 aromatic carbocycles. The van der Waals surface area contributed by atoms with Crippen LogP contribution in [0, 0.1) is 13.8 Å². The van der Waals surface area contributed by atoms with E-state index >= 15 is 0 Å². The van der Waals surface area contributed by atoms with Crippen molar-refractivity contribution in [3.05, 3.63) is 59.2 Å². The average Bonchev–Trinajstić information content (AvgIpc) is 2.98. The molecule has 2 aromatic heterocycles. The van der Waals surface area contributed by atoms with Crippen LogP contribution in [0.15, 0.2) is 36.5 Å². The van der Waals surface area contributed by atoms with Crippen molar-refractivity contribution in [1.82, 2.24) is 19.3 Å². The summed E-state index contributed by atoms with van der Waals surface area (Å²) in [7, 11) is 3.87. The Morgan fingerprint density at radius 2 is 2.04 bits per heavy atom. The molecule has 3 rings (SSSR count). The molecule has 132 valence electrons. The van der Waals surface area contributed by atoms with E-state index in [-0.39, 0.29) is 0 Å². The molecule has 0 N–H and O–H groups in total. The van der Waals surface area contributed by atoms with Gasteiger partial charge in [0.25, 0.3) is 0 Å². The smallest absolute Gasteiger partial charge is 0.234 e. The maximum absolute atomic E-state index is 5.38. The molecule has 0 aliphatic carbocycles. The molecular weight excluding hydrogens is 312 g/mol. The molecular formula is C20H26N4O. The molecule has 0 saturated carbocycles. The fraction of sp³-hybridized carbons (Fsp3) is 0.400. The van der Waals surface area contributed by atoms with E-state index in [1.807, 2.05) is 19.2 Å². The van der Waals surface area contributed by atoms with E-state index in [2.05, 4.69) is 64.4 Å². The van der Waals surface area contributed by atoms with Crippen LogP contribution >= 0.6 is 0 Å². The van der Waals surface area contributed by atoms with E-state index in [1.165, 1.54) is 5.56 Å². The molecule has 0 unspecified atom stereocenters. The Labute approximate surface area is 149 Å². The Kier molecular flexibility index (Phi) is 5.04. The summed E-state index contributed by atoms with van der Waals surface area (Å²) in [6, 6.07) is 10.7. The van der Waals surface area contributed by atoms with Gasteiger partial charge in [-0.15, -0.1) is 0 Å². The van der Waals surface area contributed by atoms with Crippen LogP contribution in [0.1, 0.15) is 42.0 Å². The van der Waals surface area contributed by atoms with E-state index in [0.29, 0.717) is 6.04 Å². The van der Waals surface area contributed by atoms with Gasteiger partial charge in [0.15, 0.2) is 0 Å². The maximum Gasteiger partial charge on any atom is 0.234 e. The van der Waals surface area contributed by atoms with Gasteiger partial charge in [0.05, 0.1) is 19.0 Å². The lowest BCUT2D eigenvalue weighted by Crippen LogP contribution is -2.24. The number of aromatic nitrogens is 3. The molecule has 0 aliphatic rings. The summed E-state index contributed by atoms with van der Waals surface area (Å²) in [5.74, 6) is 1.67. The van der Waals surface area contributed by atoms with Gasteiger partial charge in [-0.1, -0.05) is 19.1 Å². The first kappa shape index (κ1) is 17.4. The molecule has 2 heterocycles. The number of aryl methyl sites for hydroxylation is 2. The second-order valence-corrected chi connectivity index (χ2v) is 6.54. The van der Waals surface area contributed by atoms with Crippen molar-refractivity contribution in [3.8, 4) is 5.75 Å². The van der Waals surface area contributed by atoms with E-state index in [9.17, 15) is 0 Å². The van der Waals surface area contributed by atoms with Gasteiger partial charge >= 0.3 is 0 Å². The van der Waals surface area contributed by atoms with Crippen LogP contribution < -0.4 is 4.74 Å². The molecule has 0 saturated heterocycles. The predicted molar refractivity (Wildman–Crippen MR) is 100.0 cm³/mol. The molecule has 1 atom stereocenters. The summed E-state index contributed by atoms with van der Waals surface area (Å²) in [5.41, 5.74) is 4.59. The Morgan fingerprint density at radius 1 is 1.24 bits per heavy atom. The largest absolute Gasteiger partial charge is 0.497 e. The van der Waals surface area contributed by atoms with E-state index in [0.717, 1.165) is 41.6 Å². The third kappa shape index (κ3) is 3.51. The van der Waals surface area contributed by atoms with Crippen molar-refractivity contribution in [2.24, 2.45) is 0 Å². The summed E-state index contributed by atoms with van der Waals surface area (Å²) in [6.07, 6.45) is 2.96. The van der Waals surface area contributed by atoms with E-state index in [1.54, 1.807) is 7.11 Å². The standard InChI is InChI=1S/C20H26N4O/c1-6-19(16-8-7-9-18(11-16)25-5)23(4)13-17-12-21-20-22-14(2)10-15(3)24(17)20/h7-12,19H,6,13H2,1-5H3/t19-/m0/s1. The third-order valence-electron chi connectivity index (χ3n) is 4.67. The first-order valence-corrected chi connectivity index (χ1v) is 8.68. The van der Waals surface area contributed by atoms with Gasteiger partial charge in [-0.25, -0.2) is 9.97 Å². The highest BCUT2D eigenvalue weighted by Crippen LogP contribution is 2.27. The monoisotopic (exact) mass is 338 g/mol. The Morgan fingerprint density at radius 3 is 2.76 bits per heavy atom. The van der Waals surface area contributed by atoms with Crippen LogP contribution in [-0.4, -0.2) is 33.4 Å². The summed E-state index contributed by atoms with van der Waals surface area (Å²) in [4.78, 5) is 11.4. The number of hydrogen-bond donors (Lipinski definition) is 0. The number of methoxy groups -OCH3 is 1. The van der Waals surface area contributed by atoms with Gasteiger partial charge in [0.2, 0.25) is 5.78 Å². The van der Waals surface area contributed by atoms with Crippen LogP contribution in [0.3, 0.4) is 0 Å². The van der Waals surface area contributed by atoms with E-state index in [4.69, 9.17) is 4.74 Å². The Bertz CT molecular complexity index is 871. The number of ether oxygens (including phenoxy) is 1. The maximum atomic E-state index is 5.38. The van der Waals surface area contributed by atoms with Crippen LogP contribution in [-0.2, 0) is 6.54 Å². The second-order valence-electron chi connectivity index (χ2n) is 6.54. The normalized spacial score (nSPS) is 12.7. The molecule has 5 nitrogen and oxygen atoms in total. The van der Waals surface area contributed by atoms with Gasteiger partial charge in [0, 0.05) is 24.0 Å². The minimum absolute atomic E-state index is 0.319. The number of benzene rings is 1. The zero-order valence-corrected chi connectivity index (χ0v) is 15.7. The quantitative estimate of drug-likeness (QED) is 0.683. The minimum Gasteiger partial charge on any atom is -0.497 e. The van der Waals surface area contributed by atoms with Crippen molar-refractivity contribution < 1.29 is 4.74 Å². The molecule has 25 heavy (non-hydrogen) atoms. The van der Waals surface area contributed by atoms with Crippen molar-refractivity contribution in [1.29, 1.82) is 0 Å². The molecule has 0 radical (unpaired) electrons. The van der Waals surface area contributed by atoms with Crippen molar-refractivity contribution in [3.63, 3.8) is 0 Å². The molecule has 0 bridgehead atoms. The van der Waals surface area contributed by atoms with Gasteiger partial charge < -0.3 is 4.74 Å². The molecule has 0 fully saturated rings. The Balaban J connectivity index is 1.88. The first-order valence-electron chi connectivity index (χ1n) is 8.68. The molecule has 3 aromatic rings. The number of rotatable bonds is 6. The SMILES string of the molecule is CC[C@@H](c1cccc(OC)c1)N(C)Cc1cnc2nc(C)cc(C)n12. The van der Waals surface area contributed by atoms with Crippen LogP contribution in [0.25, 0.3) is 5.78 Å². The molecule has 0 amide bonds. The lowest BCUT2D eigenvalue weighted by molar-refractivity contribution is 0.226. The lowest BCUT2D eigenvalue weighted by Gasteiger charge is -2.27. The zero-order chi connectivity index (χ0) is 18.0. The summed E-state index contributed by atoms with van der Waals surface area (Å²) in [5, 5.41) is 0. The van der Waals surface area contributed by atoms with Crippen molar-refractivity contribution in [2.75, 3.05) is 14.2 Å². The van der Waals surface area contributed by atoms with Gasteiger partial charge in [-0.2, -0.15) is 0 Å². The fourth-order valence-electron chi connectivity index (χ4n) is 3.52. The number of nitrogens with zero attached hydrogens (tertiary/aromatic N) is 4. The third-order valence-corrected chi connectivity index (χ3v) is 4.67. The van der Waals surface area contributed by atoms with E-state index < -0.39 is 0 Å². The average molecular weight is 338 g/mol. The highest BCUT2D eigenvalue weighted by molar-refractivity contribution is 5.36. The topological polar surface area (TPSA) is 42.7 Å². The van der Waals surface area contributed by atoms with Crippen LogP contribution in [0.4, 0.5) is 0 Å². The highest BCUT2D eigenvalue weighted by atomic mass is 16.5. The van der Waals surface area contributed by atoms with Gasteiger partial charge in [0.1, 0.15) is 5.75 Å². The molecule has 0 spiro atoms. The Hall–Kier alpha value is -2.40. The highest BCUT2D eigenvalue weighted by Gasteiger charge is 2.18. The summed E-state index contributed by atoms with van der Waals surface area (Å²) >= 11 is 0. The van der Waals surface area contributed by atoms with Crippen molar-refractivity contribution in [2.45, 2.75) is 39.8 Å². The molecule has 5 heteroatoms. The van der Waals surface area contributed by atoms with Gasteiger partial charge in [-0.3, -0.25) is 9.30 Å². The zero-order valence-electron chi connectivity index (χ0n) is 15.7. The number of fused-ring (bicyclic) bond motifs is 1. The lowest BCUT2D eigenvalue weighted by atomic mass is 10.0. The number of imidazole rings is 1. The molecule has 0 aliphatic heterocycles. The summed E-state index contributed by atoms with van der Waals surface area (Å²) < 4.78 is 7.52. The predicted octanol–water partition coefficient (Wildman–Crippen LogP) is 3.94. The first-order chi connectivity index (χ1) is 12.0. The fourth-order valence-corrected chi connectivity index (χ4v) is 3.52. The summed E-state index contributed by atoms with van der Waals surface area (Å²) in [6.45, 7) is 7.13.